The molecule has 2 saturated heterocycles. The molecule has 4 rings (SSSR count). The number of anilines is 1. The highest BCUT2D eigenvalue weighted by molar-refractivity contribution is 7.22. The van der Waals surface area contributed by atoms with Crippen molar-refractivity contribution in [3.8, 4) is 0 Å². The highest BCUT2D eigenvalue weighted by atomic mass is 32.1. The number of thiazole rings is 1. The van der Waals surface area contributed by atoms with Gasteiger partial charge >= 0.3 is 0 Å². The Labute approximate surface area is 139 Å². The summed E-state index contributed by atoms with van der Waals surface area (Å²) in [5, 5.41) is 15.6. The summed E-state index contributed by atoms with van der Waals surface area (Å²) in [6.07, 6.45) is 0.730. The number of hydrogen-bond acceptors (Lipinski definition) is 7. The molecule has 2 aromatic rings. The van der Waals surface area contributed by atoms with Gasteiger partial charge in [-0.3, -0.25) is 4.90 Å². The molecule has 1 N–H and O–H groups in total. The molecule has 0 spiro atoms. The lowest BCUT2D eigenvalue weighted by atomic mass is 10.2. The molecule has 2 aromatic heterocycles. The van der Waals surface area contributed by atoms with E-state index in [1.807, 2.05) is 18.7 Å². The van der Waals surface area contributed by atoms with E-state index in [9.17, 15) is 5.11 Å². The van der Waals surface area contributed by atoms with Crippen LogP contribution < -0.4 is 4.90 Å². The van der Waals surface area contributed by atoms with Crippen molar-refractivity contribution in [1.82, 2.24) is 19.7 Å². The monoisotopic (exact) mass is 337 g/mol. The van der Waals surface area contributed by atoms with E-state index in [2.05, 4.69) is 14.9 Å². The molecule has 0 aliphatic carbocycles. The second-order valence-electron chi connectivity index (χ2n) is 6.41. The summed E-state index contributed by atoms with van der Waals surface area (Å²) >= 11 is 1.73. The molecule has 2 aliphatic heterocycles. The van der Waals surface area contributed by atoms with Gasteiger partial charge in [-0.15, -0.1) is 0 Å². The highest BCUT2D eigenvalue weighted by Crippen LogP contribution is 2.31. The third-order valence-corrected chi connectivity index (χ3v) is 6.04. The summed E-state index contributed by atoms with van der Waals surface area (Å²) in [4.78, 5) is 9.53. The fraction of sp³-hybridized carbons (Fsp3) is 0.733. The molecule has 2 aliphatic rings. The number of nitrogens with zero attached hydrogens (tertiary/aromatic N) is 5. The number of aliphatic hydroxyl groups excluding tert-OH is 1. The van der Waals surface area contributed by atoms with Crippen molar-refractivity contribution in [2.45, 2.75) is 25.5 Å². The Hall–Kier alpha value is -1.22. The first-order valence-corrected chi connectivity index (χ1v) is 9.00. The second kappa shape index (κ2) is 6.01. The summed E-state index contributed by atoms with van der Waals surface area (Å²) in [5.41, 5.74) is 2.03. The Bertz CT molecular complexity index is 665. The first-order chi connectivity index (χ1) is 11.1. The summed E-state index contributed by atoms with van der Waals surface area (Å²) in [6, 6.07) is 0.150. The molecule has 0 amide bonds. The summed E-state index contributed by atoms with van der Waals surface area (Å²) in [5.74, 6) is 0. The third-order valence-electron chi connectivity index (χ3n) is 4.82. The van der Waals surface area contributed by atoms with Crippen molar-refractivity contribution in [3.05, 3.63) is 5.69 Å². The fourth-order valence-corrected chi connectivity index (χ4v) is 4.63. The molecule has 0 radical (unpaired) electrons. The van der Waals surface area contributed by atoms with Crippen LogP contribution in [0.1, 0.15) is 12.1 Å². The van der Waals surface area contributed by atoms with Gasteiger partial charge in [0.2, 0.25) is 0 Å². The van der Waals surface area contributed by atoms with Crippen LogP contribution in [0.5, 0.6) is 0 Å². The molecular formula is C15H23N5O2S. The lowest BCUT2D eigenvalue weighted by Crippen LogP contribution is -2.44. The number of aromatic nitrogens is 3. The van der Waals surface area contributed by atoms with Gasteiger partial charge in [0, 0.05) is 33.2 Å². The van der Waals surface area contributed by atoms with Crippen LogP contribution in [0.3, 0.4) is 0 Å². The number of aliphatic hydroxyl groups is 1. The van der Waals surface area contributed by atoms with E-state index in [1.54, 1.807) is 11.3 Å². The van der Waals surface area contributed by atoms with E-state index in [0.29, 0.717) is 13.2 Å². The van der Waals surface area contributed by atoms with Crippen LogP contribution in [0.25, 0.3) is 10.3 Å². The molecule has 2 fully saturated rings. The molecule has 7 nitrogen and oxygen atoms in total. The molecule has 2 atom stereocenters. The van der Waals surface area contributed by atoms with Crippen molar-refractivity contribution in [3.63, 3.8) is 0 Å². The average Bonchev–Trinajstić information content (AvgIpc) is 3.15. The van der Waals surface area contributed by atoms with Crippen LogP contribution in [0.15, 0.2) is 0 Å². The van der Waals surface area contributed by atoms with E-state index >= 15 is 0 Å². The van der Waals surface area contributed by atoms with Crippen molar-refractivity contribution < 1.29 is 9.84 Å². The first-order valence-electron chi connectivity index (χ1n) is 8.18. The van der Waals surface area contributed by atoms with E-state index in [1.165, 1.54) is 4.70 Å². The number of hydrogen-bond donors (Lipinski definition) is 1. The lowest BCUT2D eigenvalue weighted by Gasteiger charge is -2.28. The maximum atomic E-state index is 10.0. The van der Waals surface area contributed by atoms with Crippen molar-refractivity contribution in [2.24, 2.45) is 7.05 Å². The van der Waals surface area contributed by atoms with Crippen LogP contribution in [0, 0.1) is 6.92 Å². The number of ether oxygens (including phenoxy) is 1. The van der Waals surface area contributed by atoms with Gasteiger partial charge < -0.3 is 14.7 Å². The number of rotatable bonds is 2. The highest BCUT2D eigenvalue weighted by Gasteiger charge is 2.32. The smallest absolute Gasteiger partial charge is 0.188 e. The molecular weight excluding hydrogens is 314 g/mol. The van der Waals surface area contributed by atoms with Gasteiger partial charge in [0.05, 0.1) is 35.8 Å². The Morgan fingerprint density at radius 3 is 2.83 bits per heavy atom. The maximum absolute atomic E-state index is 10.0. The van der Waals surface area contributed by atoms with Gasteiger partial charge in [-0.05, 0) is 13.3 Å². The van der Waals surface area contributed by atoms with Crippen molar-refractivity contribution in [2.75, 3.05) is 44.3 Å². The molecule has 0 bridgehead atoms. The van der Waals surface area contributed by atoms with Gasteiger partial charge in [-0.1, -0.05) is 11.3 Å². The Morgan fingerprint density at radius 2 is 2.09 bits per heavy atom. The zero-order valence-electron chi connectivity index (χ0n) is 13.6. The Balaban J connectivity index is 1.50. The molecule has 23 heavy (non-hydrogen) atoms. The zero-order valence-corrected chi connectivity index (χ0v) is 14.4. The summed E-state index contributed by atoms with van der Waals surface area (Å²) in [7, 11) is 1.95. The van der Waals surface area contributed by atoms with Gasteiger partial charge in [-0.25, -0.2) is 9.67 Å². The SMILES string of the molecule is Cc1nn(C)c2nc(N3CCCN([C@@H]4COC[C@H]4O)CC3)sc12. The van der Waals surface area contributed by atoms with Crippen LogP contribution in [0.4, 0.5) is 5.13 Å². The van der Waals surface area contributed by atoms with Crippen LogP contribution >= 0.6 is 11.3 Å². The molecule has 0 unspecified atom stereocenters. The molecule has 0 saturated carbocycles. The average molecular weight is 337 g/mol. The Morgan fingerprint density at radius 1 is 1.22 bits per heavy atom. The Kier molecular flexibility index (Phi) is 4.00. The minimum atomic E-state index is -0.349. The lowest BCUT2D eigenvalue weighted by molar-refractivity contribution is 0.0859. The zero-order chi connectivity index (χ0) is 16.0. The van der Waals surface area contributed by atoms with Gasteiger partial charge in [-0.2, -0.15) is 5.10 Å². The van der Waals surface area contributed by atoms with Gasteiger partial charge in [0.25, 0.3) is 0 Å². The molecule has 126 valence electrons. The standard InChI is InChI=1S/C15H23N5O2S/c1-10-13-14(18(2)17-10)16-15(23-13)20-5-3-4-19(6-7-20)11-8-22-9-12(11)21/h11-12,21H,3-9H2,1-2H3/t11-,12-/m1/s1. The quantitative estimate of drug-likeness (QED) is 0.866. The summed E-state index contributed by atoms with van der Waals surface area (Å²) < 4.78 is 8.45. The minimum absolute atomic E-state index is 0.150. The second-order valence-corrected chi connectivity index (χ2v) is 7.38. The predicted octanol–water partition coefficient (Wildman–Crippen LogP) is 0.610. The number of aryl methyl sites for hydroxylation is 2. The van der Waals surface area contributed by atoms with E-state index in [-0.39, 0.29) is 12.1 Å². The molecule has 8 heteroatoms. The largest absolute Gasteiger partial charge is 0.389 e. The van der Waals surface area contributed by atoms with Crippen molar-refractivity contribution in [1.29, 1.82) is 0 Å². The summed E-state index contributed by atoms with van der Waals surface area (Å²) in [6.45, 7) is 7.05. The normalized spacial score (nSPS) is 27.0. The first kappa shape index (κ1) is 15.3. The molecule has 4 heterocycles. The third kappa shape index (κ3) is 2.73. The predicted molar refractivity (Wildman–Crippen MR) is 90.1 cm³/mol. The maximum Gasteiger partial charge on any atom is 0.188 e. The van der Waals surface area contributed by atoms with E-state index in [4.69, 9.17) is 9.72 Å². The van der Waals surface area contributed by atoms with E-state index < -0.39 is 0 Å². The molecule has 0 aromatic carbocycles. The fourth-order valence-electron chi connectivity index (χ4n) is 3.55. The van der Waals surface area contributed by atoms with Crippen LogP contribution in [-0.2, 0) is 11.8 Å². The topological polar surface area (TPSA) is 66.7 Å². The van der Waals surface area contributed by atoms with Gasteiger partial charge in [0.15, 0.2) is 10.8 Å². The van der Waals surface area contributed by atoms with Crippen molar-refractivity contribution >= 4 is 26.8 Å². The van der Waals surface area contributed by atoms with E-state index in [0.717, 1.165) is 49.1 Å². The minimum Gasteiger partial charge on any atom is -0.389 e. The van der Waals surface area contributed by atoms with Crippen LogP contribution in [-0.4, -0.2) is 76.3 Å². The van der Waals surface area contributed by atoms with Crippen LogP contribution in [0.2, 0.25) is 0 Å². The number of fused-ring (bicyclic) bond motifs is 1. The van der Waals surface area contributed by atoms with Gasteiger partial charge in [0.1, 0.15) is 0 Å².